The quantitative estimate of drug-likeness (QED) is 0.591. The highest BCUT2D eigenvalue weighted by Gasteiger charge is 2.32. The molecule has 1 saturated carbocycles. The zero-order valence-electron chi connectivity index (χ0n) is 19.0. The van der Waals surface area contributed by atoms with E-state index in [0.29, 0.717) is 30.8 Å². The Balaban J connectivity index is 1.28. The molecule has 2 aliphatic heterocycles. The van der Waals surface area contributed by atoms with Crippen LogP contribution in [0.3, 0.4) is 0 Å². The number of hydrogen-bond acceptors (Lipinski definition) is 6. The van der Waals surface area contributed by atoms with Crippen molar-refractivity contribution in [2.45, 2.75) is 64.5 Å². The number of carbonyl (C=O) groups is 1. The number of aliphatic imine (C=N–C) groups is 1. The number of fused-ring (bicyclic) bond motifs is 1. The molecule has 0 radical (unpaired) electrons. The molecule has 1 amide bonds. The van der Waals surface area contributed by atoms with Gasteiger partial charge in [0.2, 0.25) is 5.91 Å². The summed E-state index contributed by atoms with van der Waals surface area (Å²) in [6.45, 7) is 4.95. The van der Waals surface area contributed by atoms with E-state index in [4.69, 9.17) is 4.99 Å². The SMILES string of the molecule is CCCn1c2c(c(=O)n(C3CC3)c1=O)CC(c1ccc(NCCCN3CCCC3=O)nc1)=N2. The fourth-order valence-corrected chi connectivity index (χ4v) is 4.67. The molecule has 3 aliphatic rings. The maximum absolute atomic E-state index is 13.0. The number of amides is 1. The lowest BCUT2D eigenvalue weighted by atomic mass is 10.1. The average Bonchev–Trinajstić information content (AvgIpc) is 3.40. The summed E-state index contributed by atoms with van der Waals surface area (Å²) >= 11 is 0. The molecule has 2 aromatic heterocycles. The number of aromatic nitrogens is 3. The Hall–Kier alpha value is -3.23. The van der Waals surface area contributed by atoms with Gasteiger partial charge in [0.1, 0.15) is 11.6 Å². The van der Waals surface area contributed by atoms with Gasteiger partial charge in [-0.2, -0.15) is 0 Å². The monoisotopic (exact) mass is 450 g/mol. The fourth-order valence-electron chi connectivity index (χ4n) is 4.67. The zero-order chi connectivity index (χ0) is 22.9. The zero-order valence-corrected chi connectivity index (χ0v) is 19.0. The lowest BCUT2D eigenvalue weighted by Crippen LogP contribution is -2.40. The van der Waals surface area contributed by atoms with Gasteiger partial charge in [-0.1, -0.05) is 6.92 Å². The van der Waals surface area contributed by atoms with Crippen LogP contribution in [-0.4, -0.2) is 50.3 Å². The van der Waals surface area contributed by atoms with Gasteiger partial charge in [0.15, 0.2) is 0 Å². The van der Waals surface area contributed by atoms with E-state index in [1.54, 1.807) is 10.8 Å². The van der Waals surface area contributed by atoms with Gasteiger partial charge in [-0.25, -0.2) is 14.8 Å². The Bertz CT molecular complexity index is 1210. The van der Waals surface area contributed by atoms with Gasteiger partial charge in [-0.05, 0) is 44.2 Å². The predicted molar refractivity (Wildman–Crippen MR) is 127 cm³/mol. The number of nitrogens with one attached hydrogen (secondary N) is 1. The van der Waals surface area contributed by atoms with E-state index in [0.717, 1.165) is 68.8 Å². The third-order valence-electron chi connectivity index (χ3n) is 6.56. The van der Waals surface area contributed by atoms with Crippen LogP contribution < -0.4 is 16.6 Å². The van der Waals surface area contributed by atoms with Gasteiger partial charge in [0.25, 0.3) is 5.56 Å². The van der Waals surface area contributed by atoms with Crippen molar-refractivity contribution in [1.29, 1.82) is 0 Å². The Morgan fingerprint density at radius 1 is 1.15 bits per heavy atom. The van der Waals surface area contributed by atoms with Gasteiger partial charge in [-0.15, -0.1) is 0 Å². The molecule has 0 spiro atoms. The van der Waals surface area contributed by atoms with Gasteiger partial charge >= 0.3 is 5.69 Å². The summed E-state index contributed by atoms with van der Waals surface area (Å²) < 4.78 is 3.10. The molecule has 0 atom stereocenters. The first-order chi connectivity index (χ1) is 16.1. The number of nitrogens with zero attached hydrogens (tertiary/aromatic N) is 5. The smallest absolute Gasteiger partial charge is 0.332 e. The topological polar surface area (TPSA) is 102 Å². The minimum Gasteiger partial charge on any atom is -0.370 e. The van der Waals surface area contributed by atoms with Crippen LogP contribution in [-0.2, 0) is 17.8 Å². The van der Waals surface area contributed by atoms with Crippen LogP contribution in [0.2, 0.25) is 0 Å². The molecule has 174 valence electrons. The molecule has 9 heteroatoms. The van der Waals surface area contributed by atoms with E-state index in [1.165, 1.54) is 4.57 Å². The maximum Gasteiger partial charge on any atom is 0.332 e. The van der Waals surface area contributed by atoms with E-state index in [-0.39, 0.29) is 23.2 Å². The van der Waals surface area contributed by atoms with Crippen LogP contribution in [0.4, 0.5) is 11.6 Å². The summed E-state index contributed by atoms with van der Waals surface area (Å²) in [5, 5.41) is 3.30. The van der Waals surface area contributed by atoms with Crippen LogP contribution in [0.1, 0.15) is 62.6 Å². The summed E-state index contributed by atoms with van der Waals surface area (Å²) in [5.41, 5.74) is 1.81. The van der Waals surface area contributed by atoms with Gasteiger partial charge in [0.05, 0.1) is 11.3 Å². The summed E-state index contributed by atoms with van der Waals surface area (Å²) in [4.78, 5) is 48.8. The molecule has 4 heterocycles. The minimum absolute atomic E-state index is 0.0399. The van der Waals surface area contributed by atoms with Crippen LogP contribution in [0.25, 0.3) is 0 Å². The van der Waals surface area contributed by atoms with Gasteiger partial charge in [0, 0.05) is 56.8 Å². The molecular formula is C24H30N6O3. The van der Waals surface area contributed by atoms with Crippen molar-refractivity contribution in [2.75, 3.05) is 25.0 Å². The highest BCUT2D eigenvalue weighted by atomic mass is 16.2. The van der Waals surface area contributed by atoms with Crippen molar-refractivity contribution < 1.29 is 4.79 Å². The van der Waals surface area contributed by atoms with E-state index < -0.39 is 0 Å². The third-order valence-corrected chi connectivity index (χ3v) is 6.56. The second-order valence-corrected chi connectivity index (χ2v) is 9.07. The highest BCUT2D eigenvalue weighted by molar-refractivity contribution is 6.06. The van der Waals surface area contributed by atoms with Crippen LogP contribution >= 0.6 is 0 Å². The number of anilines is 1. The Kier molecular flexibility index (Phi) is 5.86. The summed E-state index contributed by atoms with van der Waals surface area (Å²) in [6, 6.07) is 3.90. The van der Waals surface area contributed by atoms with Crippen molar-refractivity contribution in [2.24, 2.45) is 4.99 Å². The van der Waals surface area contributed by atoms with Crippen molar-refractivity contribution in [1.82, 2.24) is 19.0 Å². The highest BCUT2D eigenvalue weighted by Crippen LogP contribution is 2.34. The van der Waals surface area contributed by atoms with E-state index in [2.05, 4.69) is 10.3 Å². The first-order valence-corrected chi connectivity index (χ1v) is 12.0. The molecule has 2 fully saturated rings. The first-order valence-electron chi connectivity index (χ1n) is 12.0. The second-order valence-electron chi connectivity index (χ2n) is 9.07. The summed E-state index contributed by atoms with van der Waals surface area (Å²) in [5.74, 6) is 1.53. The van der Waals surface area contributed by atoms with Crippen LogP contribution in [0.5, 0.6) is 0 Å². The first kappa shape index (κ1) is 21.6. The normalized spacial score (nSPS) is 17.4. The number of pyridine rings is 1. The molecule has 1 saturated heterocycles. The van der Waals surface area contributed by atoms with Crippen molar-refractivity contribution in [3.63, 3.8) is 0 Å². The number of likely N-dealkylation sites (tertiary alicyclic amines) is 1. The fraction of sp³-hybridized carbons (Fsp3) is 0.542. The number of rotatable bonds is 9. The predicted octanol–water partition coefficient (Wildman–Crippen LogP) is 2.25. The summed E-state index contributed by atoms with van der Waals surface area (Å²) in [7, 11) is 0. The molecule has 9 nitrogen and oxygen atoms in total. The Morgan fingerprint density at radius 3 is 2.67 bits per heavy atom. The van der Waals surface area contributed by atoms with Crippen molar-refractivity contribution >= 4 is 23.3 Å². The molecule has 33 heavy (non-hydrogen) atoms. The molecule has 5 rings (SSSR count). The molecule has 0 bridgehead atoms. The second kappa shape index (κ2) is 8.96. The largest absolute Gasteiger partial charge is 0.370 e. The molecule has 1 aliphatic carbocycles. The maximum atomic E-state index is 13.0. The standard InChI is InChI=1S/C24H30N6O3/c1-2-11-29-22-18(23(32)30(24(29)33)17-7-8-17)14-19(27-22)16-6-9-20(26-15-16)25-10-4-13-28-12-3-5-21(28)31/h6,9,15,17H,2-5,7-8,10-14H2,1H3,(H,25,26). The molecular weight excluding hydrogens is 420 g/mol. The van der Waals surface area contributed by atoms with Crippen LogP contribution in [0.15, 0.2) is 32.9 Å². The molecule has 0 unspecified atom stereocenters. The Labute approximate surface area is 192 Å². The van der Waals surface area contributed by atoms with Gasteiger partial charge < -0.3 is 10.2 Å². The van der Waals surface area contributed by atoms with E-state index in [9.17, 15) is 14.4 Å². The average molecular weight is 451 g/mol. The van der Waals surface area contributed by atoms with Crippen LogP contribution in [0, 0.1) is 0 Å². The number of hydrogen-bond donors (Lipinski definition) is 1. The molecule has 2 aromatic rings. The molecule has 1 N–H and O–H groups in total. The summed E-state index contributed by atoms with van der Waals surface area (Å²) in [6.07, 6.45) is 7.27. The lowest BCUT2D eigenvalue weighted by molar-refractivity contribution is -0.127. The van der Waals surface area contributed by atoms with Crippen molar-refractivity contribution in [3.05, 3.63) is 50.3 Å². The number of carbonyl (C=O) groups excluding carboxylic acids is 1. The minimum atomic E-state index is -0.235. The lowest BCUT2D eigenvalue weighted by Gasteiger charge is -2.15. The van der Waals surface area contributed by atoms with Crippen molar-refractivity contribution in [3.8, 4) is 0 Å². The third kappa shape index (κ3) is 4.24. The van der Waals surface area contributed by atoms with E-state index in [1.807, 2.05) is 24.0 Å². The molecule has 0 aromatic carbocycles. The Morgan fingerprint density at radius 2 is 2.00 bits per heavy atom. The van der Waals surface area contributed by atoms with Gasteiger partial charge in [-0.3, -0.25) is 18.7 Å². The van der Waals surface area contributed by atoms with E-state index >= 15 is 0 Å².